The third-order valence-electron chi connectivity index (χ3n) is 3.49. The maximum atomic E-state index is 13.2. The maximum absolute atomic E-state index is 13.2. The number of pyridine rings is 1. The first-order chi connectivity index (χ1) is 11.1. The average molecular weight is 310 g/mol. The minimum absolute atomic E-state index is 0.297. The summed E-state index contributed by atoms with van der Waals surface area (Å²) in [6.07, 6.45) is 3.88. The molecule has 1 N–H and O–H groups in total. The Hall–Kier alpha value is -2.89. The van der Waals surface area contributed by atoms with Crippen LogP contribution in [-0.4, -0.2) is 20.9 Å². The molecule has 0 atom stereocenters. The monoisotopic (exact) mass is 310 g/mol. The van der Waals surface area contributed by atoms with Gasteiger partial charge in [-0.05, 0) is 25.1 Å². The van der Waals surface area contributed by atoms with E-state index in [2.05, 4.69) is 20.3 Å². The van der Waals surface area contributed by atoms with Crippen LogP contribution in [0.4, 0.5) is 10.1 Å². The van der Waals surface area contributed by atoms with Gasteiger partial charge in [-0.2, -0.15) is 0 Å². The van der Waals surface area contributed by atoms with Gasteiger partial charge >= 0.3 is 0 Å². The molecule has 116 valence electrons. The van der Waals surface area contributed by atoms with Gasteiger partial charge in [0.1, 0.15) is 11.6 Å². The number of fused-ring (bicyclic) bond motifs is 1. The summed E-state index contributed by atoms with van der Waals surface area (Å²) in [7, 11) is 0. The van der Waals surface area contributed by atoms with Gasteiger partial charge in [-0.1, -0.05) is 6.92 Å². The van der Waals surface area contributed by atoms with Gasteiger partial charge < -0.3 is 5.32 Å². The fraction of sp³-hybridized carbons (Fsp3) is 0.176. The van der Waals surface area contributed by atoms with Crippen molar-refractivity contribution in [2.75, 3.05) is 5.32 Å². The molecule has 0 aliphatic rings. The summed E-state index contributed by atoms with van der Waals surface area (Å²) in [5.74, 6) is 0.0671. The van der Waals surface area contributed by atoms with Crippen molar-refractivity contribution >= 4 is 22.5 Å². The van der Waals surface area contributed by atoms with Crippen LogP contribution in [0.25, 0.3) is 10.9 Å². The number of carbonyl (C=O) groups excluding carboxylic acids is 1. The van der Waals surface area contributed by atoms with E-state index in [-0.39, 0.29) is 11.7 Å². The number of carbonyl (C=O) groups is 1. The summed E-state index contributed by atoms with van der Waals surface area (Å²) in [5, 5.41) is 3.46. The minimum Gasteiger partial charge on any atom is -0.319 e. The number of aromatic nitrogens is 3. The van der Waals surface area contributed by atoms with Gasteiger partial charge in [-0.25, -0.2) is 14.4 Å². The van der Waals surface area contributed by atoms with E-state index < -0.39 is 0 Å². The number of benzene rings is 1. The molecular weight excluding hydrogens is 295 g/mol. The van der Waals surface area contributed by atoms with Crippen molar-refractivity contribution in [3.63, 3.8) is 0 Å². The molecule has 0 radical (unpaired) electrons. The molecule has 0 saturated carbocycles. The molecule has 5 nitrogen and oxygen atoms in total. The smallest absolute Gasteiger partial charge is 0.257 e. The fourth-order valence-corrected chi connectivity index (χ4v) is 2.27. The Kier molecular flexibility index (Phi) is 3.97. The summed E-state index contributed by atoms with van der Waals surface area (Å²) >= 11 is 0. The molecule has 0 aliphatic heterocycles. The van der Waals surface area contributed by atoms with Crippen LogP contribution in [0.15, 0.2) is 36.7 Å². The zero-order valence-corrected chi connectivity index (χ0v) is 12.8. The Morgan fingerprint density at radius 2 is 1.96 bits per heavy atom. The predicted molar refractivity (Wildman–Crippen MR) is 85.8 cm³/mol. The lowest BCUT2D eigenvalue weighted by Crippen LogP contribution is -2.15. The van der Waals surface area contributed by atoms with Crippen molar-refractivity contribution in [2.24, 2.45) is 0 Å². The summed E-state index contributed by atoms with van der Waals surface area (Å²) in [4.78, 5) is 25.0. The number of halogens is 1. The van der Waals surface area contributed by atoms with E-state index in [1.165, 1.54) is 12.1 Å². The van der Waals surface area contributed by atoms with Crippen molar-refractivity contribution in [1.29, 1.82) is 0 Å². The molecule has 0 saturated heterocycles. The largest absolute Gasteiger partial charge is 0.319 e. The van der Waals surface area contributed by atoms with Crippen molar-refractivity contribution in [1.82, 2.24) is 15.0 Å². The standard InChI is InChI=1S/C17H15FN4O/c1-3-16-19-8-13(9-20-16)22-17(23)14-6-11-4-5-12(18)7-15(11)21-10(14)2/h4-9H,3H2,1-2H3,(H,22,23). The quantitative estimate of drug-likeness (QED) is 0.806. The van der Waals surface area contributed by atoms with Crippen LogP contribution in [0.5, 0.6) is 0 Å². The highest BCUT2D eigenvalue weighted by Gasteiger charge is 2.13. The van der Waals surface area contributed by atoms with Crippen LogP contribution in [-0.2, 0) is 6.42 Å². The van der Waals surface area contributed by atoms with E-state index in [1.54, 1.807) is 31.5 Å². The lowest BCUT2D eigenvalue weighted by atomic mass is 10.1. The molecule has 2 heterocycles. The zero-order valence-electron chi connectivity index (χ0n) is 12.8. The maximum Gasteiger partial charge on any atom is 0.257 e. The fourth-order valence-electron chi connectivity index (χ4n) is 2.27. The first kappa shape index (κ1) is 15.0. The number of aryl methyl sites for hydroxylation is 2. The van der Waals surface area contributed by atoms with Crippen LogP contribution in [0.2, 0.25) is 0 Å². The number of nitrogens with one attached hydrogen (secondary N) is 1. The lowest BCUT2D eigenvalue weighted by molar-refractivity contribution is 0.102. The molecule has 0 unspecified atom stereocenters. The van der Waals surface area contributed by atoms with E-state index in [0.717, 1.165) is 6.42 Å². The van der Waals surface area contributed by atoms with E-state index in [4.69, 9.17) is 0 Å². The Labute approximate surface area is 132 Å². The molecule has 3 aromatic rings. The summed E-state index contributed by atoms with van der Waals surface area (Å²) in [5.41, 5.74) is 2.01. The van der Waals surface area contributed by atoms with Crippen molar-refractivity contribution in [3.05, 3.63) is 59.6 Å². The Morgan fingerprint density at radius 3 is 2.65 bits per heavy atom. The number of anilines is 1. The molecule has 0 fully saturated rings. The van der Waals surface area contributed by atoms with Crippen LogP contribution < -0.4 is 5.32 Å². The van der Waals surface area contributed by atoms with E-state index in [0.29, 0.717) is 33.7 Å². The summed E-state index contributed by atoms with van der Waals surface area (Å²) in [6.45, 7) is 3.68. The molecule has 23 heavy (non-hydrogen) atoms. The van der Waals surface area contributed by atoms with Crippen LogP contribution >= 0.6 is 0 Å². The SMILES string of the molecule is CCc1ncc(NC(=O)c2cc3ccc(F)cc3nc2C)cn1. The number of nitrogens with zero attached hydrogens (tertiary/aromatic N) is 3. The highest BCUT2D eigenvalue weighted by molar-refractivity contribution is 6.06. The Balaban J connectivity index is 1.90. The highest BCUT2D eigenvalue weighted by atomic mass is 19.1. The first-order valence-corrected chi connectivity index (χ1v) is 7.26. The van der Waals surface area contributed by atoms with Gasteiger partial charge in [-0.3, -0.25) is 9.78 Å². The van der Waals surface area contributed by atoms with Gasteiger partial charge in [-0.15, -0.1) is 0 Å². The molecule has 1 aromatic carbocycles. The molecule has 1 amide bonds. The molecule has 6 heteroatoms. The molecular formula is C17H15FN4O. The summed E-state index contributed by atoms with van der Waals surface area (Å²) < 4.78 is 13.2. The molecule has 0 aliphatic carbocycles. The van der Waals surface area contributed by atoms with Crippen molar-refractivity contribution < 1.29 is 9.18 Å². The normalized spacial score (nSPS) is 10.7. The van der Waals surface area contributed by atoms with Crippen LogP contribution in [0.3, 0.4) is 0 Å². The average Bonchev–Trinajstić information content (AvgIpc) is 2.54. The molecule has 2 aromatic heterocycles. The molecule has 0 bridgehead atoms. The topological polar surface area (TPSA) is 67.8 Å². The summed E-state index contributed by atoms with van der Waals surface area (Å²) in [6, 6.07) is 6.00. The van der Waals surface area contributed by atoms with E-state index in [9.17, 15) is 9.18 Å². The molecule has 3 rings (SSSR count). The van der Waals surface area contributed by atoms with E-state index in [1.807, 2.05) is 6.92 Å². The van der Waals surface area contributed by atoms with Gasteiger partial charge in [0.25, 0.3) is 5.91 Å². The highest BCUT2D eigenvalue weighted by Crippen LogP contribution is 2.19. The lowest BCUT2D eigenvalue weighted by Gasteiger charge is -2.09. The van der Waals surface area contributed by atoms with Gasteiger partial charge in [0.2, 0.25) is 0 Å². The zero-order chi connectivity index (χ0) is 16.4. The van der Waals surface area contributed by atoms with Crippen molar-refractivity contribution in [3.8, 4) is 0 Å². The number of hydrogen-bond acceptors (Lipinski definition) is 4. The second-order valence-electron chi connectivity index (χ2n) is 5.15. The molecule has 0 spiro atoms. The van der Waals surface area contributed by atoms with E-state index >= 15 is 0 Å². The van der Waals surface area contributed by atoms with Gasteiger partial charge in [0.15, 0.2) is 0 Å². The number of rotatable bonds is 3. The van der Waals surface area contributed by atoms with Crippen LogP contribution in [0.1, 0.15) is 28.8 Å². The minimum atomic E-state index is -0.352. The first-order valence-electron chi connectivity index (χ1n) is 7.26. The third-order valence-corrected chi connectivity index (χ3v) is 3.49. The van der Waals surface area contributed by atoms with Gasteiger partial charge in [0.05, 0.1) is 34.9 Å². The Morgan fingerprint density at radius 1 is 1.22 bits per heavy atom. The van der Waals surface area contributed by atoms with Crippen LogP contribution in [0, 0.1) is 12.7 Å². The van der Waals surface area contributed by atoms with Crippen molar-refractivity contribution in [2.45, 2.75) is 20.3 Å². The Bertz CT molecular complexity index is 878. The number of amides is 1. The third kappa shape index (κ3) is 3.15. The number of hydrogen-bond donors (Lipinski definition) is 1. The second kappa shape index (κ2) is 6.08. The predicted octanol–water partition coefficient (Wildman–Crippen LogP) is 3.29. The second-order valence-corrected chi connectivity index (χ2v) is 5.15. The van der Waals surface area contributed by atoms with Gasteiger partial charge in [0, 0.05) is 17.9 Å².